The van der Waals surface area contributed by atoms with Crippen molar-refractivity contribution in [2.45, 2.75) is 19.6 Å². The van der Waals surface area contributed by atoms with Gasteiger partial charge in [-0.3, -0.25) is 0 Å². The van der Waals surface area contributed by atoms with Crippen molar-refractivity contribution in [1.82, 2.24) is 0 Å². The van der Waals surface area contributed by atoms with Crippen molar-refractivity contribution < 1.29 is 4.74 Å². The maximum atomic E-state index is 5.83. The first kappa shape index (κ1) is 11.8. The Bertz CT molecular complexity index is 282. The molecule has 0 saturated carbocycles. The minimum absolute atomic E-state index is 0.0460. The van der Waals surface area contributed by atoms with Gasteiger partial charge in [-0.2, -0.15) is 0 Å². The van der Waals surface area contributed by atoms with Crippen LogP contribution in [-0.4, -0.2) is 12.6 Å². The molecule has 0 heterocycles. The summed E-state index contributed by atoms with van der Waals surface area (Å²) in [6.07, 6.45) is 0. The van der Waals surface area contributed by atoms with E-state index in [4.69, 9.17) is 33.7 Å². The van der Waals surface area contributed by atoms with E-state index in [-0.39, 0.29) is 6.04 Å². The van der Waals surface area contributed by atoms with Gasteiger partial charge in [0, 0.05) is 16.1 Å². The van der Waals surface area contributed by atoms with Crippen LogP contribution in [0.15, 0.2) is 18.2 Å². The summed E-state index contributed by atoms with van der Waals surface area (Å²) < 4.78 is 5.35. The predicted molar refractivity (Wildman–Crippen MR) is 59.8 cm³/mol. The lowest BCUT2D eigenvalue weighted by molar-refractivity contribution is 0.111. The first-order chi connectivity index (χ1) is 6.58. The standard InChI is InChI=1S/C10H13Cl2NO/c1-7(13)5-14-6-8-2-9(11)4-10(12)3-8/h2-4,7H,5-6,13H2,1H3. The SMILES string of the molecule is CC(N)COCc1cc(Cl)cc(Cl)c1. The summed E-state index contributed by atoms with van der Waals surface area (Å²) in [5, 5.41) is 1.24. The molecule has 0 saturated heterocycles. The van der Waals surface area contributed by atoms with Crippen LogP contribution in [0.4, 0.5) is 0 Å². The van der Waals surface area contributed by atoms with Gasteiger partial charge < -0.3 is 10.5 Å². The Kier molecular flexibility index (Phi) is 4.69. The molecule has 78 valence electrons. The number of hydrogen-bond donors (Lipinski definition) is 1. The number of nitrogens with two attached hydrogens (primary N) is 1. The number of rotatable bonds is 4. The normalized spacial score (nSPS) is 12.9. The number of halogens is 2. The topological polar surface area (TPSA) is 35.2 Å². The van der Waals surface area contributed by atoms with Crippen molar-refractivity contribution in [3.63, 3.8) is 0 Å². The van der Waals surface area contributed by atoms with Crippen molar-refractivity contribution in [3.8, 4) is 0 Å². The molecule has 1 aromatic rings. The molecule has 2 N–H and O–H groups in total. The minimum atomic E-state index is 0.0460. The molecule has 1 aromatic carbocycles. The molecule has 0 aliphatic heterocycles. The van der Waals surface area contributed by atoms with Crippen LogP contribution in [0.2, 0.25) is 10.0 Å². The second-order valence-corrected chi connectivity index (χ2v) is 4.14. The summed E-state index contributed by atoms with van der Waals surface area (Å²) in [6, 6.07) is 5.39. The Balaban J connectivity index is 2.50. The van der Waals surface area contributed by atoms with Gasteiger partial charge in [0.1, 0.15) is 0 Å². The smallest absolute Gasteiger partial charge is 0.0718 e. The van der Waals surface area contributed by atoms with Crippen LogP contribution >= 0.6 is 23.2 Å². The van der Waals surface area contributed by atoms with E-state index < -0.39 is 0 Å². The van der Waals surface area contributed by atoms with Crippen LogP contribution in [0.3, 0.4) is 0 Å². The molecule has 14 heavy (non-hydrogen) atoms. The average Bonchev–Trinajstić information content (AvgIpc) is 2.01. The van der Waals surface area contributed by atoms with E-state index in [2.05, 4.69) is 0 Å². The van der Waals surface area contributed by atoms with Gasteiger partial charge in [-0.25, -0.2) is 0 Å². The molecule has 0 fully saturated rings. The fourth-order valence-corrected chi connectivity index (χ4v) is 1.63. The number of benzene rings is 1. The number of hydrogen-bond acceptors (Lipinski definition) is 2. The average molecular weight is 234 g/mol. The molecule has 0 bridgehead atoms. The van der Waals surface area contributed by atoms with Crippen molar-refractivity contribution in [2.75, 3.05) is 6.61 Å². The molecule has 0 amide bonds. The van der Waals surface area contributed by atoms with Gasteiger partial charge in [-0.15, -0.1) is 0 Å². The number of ether oxygens (including phenoxy) is 1. The monoisotopic (exact) mass is 233 g/mol. The largest absolute Gasteiger partial charge is 0.375 e. The summed E-state index contributed by atoms with van der Waals surface area (Å²) in [6.45, 7) is 2.91. The Labute approximate surface area is 94.0 Å². The molecule has 0 radical (unpaired) electrons. The Morgan fingerprint density at radius 1 is 1.29 bits per heavy atom. The summed E-state index contributed by atoms with van der Waals surface area (Å²) in [7, 11) is 0. The zero-order valence-electron chi connectivity index (χ0n) is 7.97. The molecule has 1 rings (SSSR count). The quantitative estimate of drug-likeness (QED) is 0.869. The van der Waals surface area contributed by atoms with E-state index >= 15 is 0 Å². The maximum absolute atomic E-state index is 5.83. The molecular weight excluding hydrogens is 221 g/mol. The summed E-state index contributed by atoms with van der Waals surface area (Å²) in [4.78, 5) is 0. The highest BCUT2D eigenvalue weighted by molar-refractivity contribution is 6.34. The van der Waals surface area contributed by atoms with Crippen LogP contribution < -0.4 is 5.73 Å². The van der Waals surface area contributed by atoms with Gasteiger partial charge in [0.25, 0.3) is 0 Å². The Hall–Kier alpha value is -0.280. The molecule has 1 unspecified atom stereocenters. The first-order valence-corrected chi connectivity index (χ1v) is 5.12. The molecule has 0 aliphatic carbocycles. The third-order valence-corrected chi connectivity index (χ3v) is 2.01. The van der Waals surface area contributed by atoms with Gasteiger partial charge >= 0.3 is 0 Å². The van der Waals surface area contributed by atoms with Crippen LogP contribution in [0.1, 0.15) is 12.5 Å². The second kappa shape index (κ2) is 5.56. The van der Waals surface area contributed by atoms with Gasteiger partial charge in [0.05, 0.1) is 13.2 Å². The van der Waals surface area contributed by atoms with E-state index in [1.54, 1.807) is 6.07 Å². The second-order valence-electron chi connectivity index (χ2n) is 3.27. The molecule has 0 aliphatic rings. The molecule has 4 heteroatoms. The van der Waals surface area contributed by atoms with Crippen LogP contribution in [-0.2, 0) is 11.3 Å². The van der Waals surface area contributed by atoms with Crippen LogP contribution in [0.5, 0.6) is 0 Å². The van der Waals surface area contributed by atoms with Gasteiger partial charge in [-0.1, -0.05) is 23.2 Å². The van der Waals surface area contributed by atoms with Crippen molar-refractivity contribution in [2.24, 2.45) is 5.73 Å². The fraction of sp³-hybridized carbons (Fsp3) is 0.400. The molecular formula is C10H13Cl2NO. The zero-order chi connectivity index (χ0) is 10.6. The zero-order valence-corrected chi connectivity index (χ0v) is 9.48. The fourth-order valence-electron chi connectivity index (χ4n) is 1.06. The minimum Gasteiger partial charge on any atom is -0.375 e. The van der Waals surface area contributed by atoms with Gasteiger partial charge in [0.2, 0.25) is 0 Å². The maximum Gasteiger partial charge on any atom is 0.0718 e. The van der Waals surface area contributed by atoms with Crippen molar-refractivity contribution in [3.05, 3.63) is 33.8 Å². The third-order valence-electron chi connectivity index (χ3n) is 1.57. The highest BCUT2D eigenvalue weighted by Crippen LogP contribution is 2.19. The van der Waals surface area contributed by atoms with Gasteiger partial charge in [0.15, 0.2) is 0 Å². The summed E-state index contributed by atoms with van der Waals surface area (Å²) in [5.74, 6) is 0. The van der Waals surface area contributed by atoms with Gasteiger partial charge in [-0.05, 0) is 30.7 Å². The third kappa shape index (κ3) is 4.29. The summed E-state index contributed by atoms with van der Waals surface area (Å²) >= 11 is 11.7. The predicted octanol–water partition coefficient (Wildman–Crippen LogP) is 2.86. The lowest BCUT2D eigenvalue weighted by atomic mass is 10.2. The highest BCUT2D eigenvalue weighted by Gasteiger charge is 1.99. The lowest BCUT2D eigenvalue weighted by Crippen LogP contribution is -2.21. The molecule has 1 atom stereocenters. The van der Waals surface area contributed by atoms with E-state index in [9.17, 15) is 0 Å². The molecule has 0 spiro atoms. The lowest BCUT2D eigenvalue weighted by Gasteiger charge is -2.07. The Morgan fingerprint density at radius 2 is 1.86 bits per heavy atom. The van der Waals surface area contributed by atoms with Crippen LogP contribution in [0, 0.1) is 0 Å². The van der Waals surface area contributed by atoms with E-state index in [1.807, 2.05) is 19.1 Å². The van der Waals surface area contributed by atoms with Crippen LogP contribution in [0.25, 0.3) is 0 Å². The molecule has 2 nitrogen and oxygen atoms in total. The van der Waals surface area contributed by atoms with Crippen molar-refractivity contribution in [1.29, 1.82) is 0 Å². The van der Waals surface area contributed by atoms with E-state index in [0.29, 0.717) is 23.3 Å². The first-order valence-electron chi connectivity index (χ1n) is 4.36. The van der Waals surface area contributed by atoms with E-state index in [0.717, 1.165) is 5.56 Å². The molecule has 0 aromatic heterocycles. The highest BCUT2D eigenvalue weighted by atomic mass is 35.5. The van der Waals surface area contributed by atoms with Crippen molar-refractivity contribution >= 4 is 23.2 Å². The summed E-state index contributed by atoms with van der Waals surface area (Å²) in [5.41, 5.74) is 6.50. The van der Waals surface area contributed by atoms with E-state index in [1.165, 1.54) is 0 Å². The Morgan fingerprint density at radius 3 is 2.36 bits per heavy atom.